The Bertz CT molecular complexity index is 1630. The van der Waals surface area contributed by atoms with Crippen molar-refractivity contribution in [2.45, 2.75) is 24.7 Å². The van der Waals surface area contributed by atoms with Gasteiger partial charge in [0.15, 0.2) is 17.2 Å². The minimum Gasteiger partial charge on any atom is -0.510 e. The van der Waals surface area contributed by atoms with E-state index in [1.165, 1.54) is 38.1 Å². The summed E-state index contributed by atoms with van der Waals surface area (Å²) < 4.78 is 0. The SMILES string of the molecule is CC(=O)c1ccc(/C=C2\c3cccc(O)c3C(=O)C3=C(O)C4(O)C(=O)C(C(N)=O)=C(O)C(N(C)C)C4C(O)C32)cc1. The highest BCUT2D eigenvalue weighted by Crippen LogP contribution is 2.55. The molecule has 0 saturated heterocycles. The summed E-state index contributed by atoms with van der Waals surface area (Å²) in [6.07, 6.45) is -0.180. The van der Waals surface area contributed by atoms with Crippen LogP contribution < -0.4 is 5.73 Å². The van der Waals surface area contributed by atoms with Crippen molar-refractivity contribution in [3.63, 3.8) is 0 Å². The first kappa shape index (κ1) is 28.0. The third-order valence-electron chi connectivity index (χ3n) is 8.17. The van der Waals surface area contributed by atoms with Gasteiger partial charge in [0.2, 0.25) is 5.78 Å². The third kappa shape index (κ3) is 3.85. The number of likely N-dealkylation sites (N-methyl/N-ethyl adjacent to an activating group) is 1. The number of hydrogen-bond donors (Lipinski definition) is 6. The molecule has 11 nitrogen and oxygen atoms in total. The van der Waals surface area contributed by atoms with Crippen molar-refractivity contribution >= 4 is 34.9 Å². The highest BCUT2D eigenvalue weighted by atomic mass is 16.4. The maximum Gasteiger partial charge on any atom is 0.255 e. The molecule has 0 heterocycles. The predicted octanol–water partition coefficient (Wildman–Crippen LogP) is 1.29. The molecule has 2 aromatic carbocycles. The summed E-state index contributed by atoms with van der Waals surface area (Å²) in [4.78, 5) is 52.6. The number of amides is 1. The van der Waals surface area contributed by atoms with E-state index in [0.717, 1.165) is 0 Å². The minimum atomic E-state index is -3.01. The number of rotatable bonds is 4. The number of fused-ring (bicyclic) bond motifs is 3. The van der Waals surface area contributed by atoms with E-state index < -0.39 is 75.5 Å². The summed E-state index contributed by atoms with van der Waals surface area (Å²) in [6, 6.07) is 9.37. The smallest absolute Gasteiger partial charge is 0.255 e. The summed E-state index contributed by atoms with van der Waals surface area (Å²) in [5.41, 5.74) is 2.09. The molecular formula is C30H28N2O9. The number of ketones is 3. The molecule has 5 unspecified atom stereocenters. The van der Waals surface area contributed by atoms with Gasteiger partial charge in [-0.05, 0) is 43.8 Å². The van der Waals surface area contributed by atoms with Gasteiger partial charge in [0.1, 0.15) is 22.8 Å². The Kier molecular flexibility index (Phi) is 6.49. The molecule has 0 fully saturated rings. The van der Waals surface area contributed by atoms with Gasteiger partial charge in [-0.15, -0.1) is 0 Å². The van der Waals surface area contributed by atoms with Crippen molar-refractivity contribution in [3.8, 4) is 5.75 Å². The molecule has 11 heteroatoms. The summed E-state index contributed by atoms with van der Waals surface area (Å²) in [5.74, 6) is -9.26. The Balaban J connectivity index is 1.84. The van der Waals surface area contributed by atoms with Crippen LogP contribution in [0.5, 0.6) is 5.75 Å². The lowest BCUT2D eigenvalue weighted by Gasteiger charge is -2.52. The number of carbonyl (C=O) groups is 4. The van der Waals surface area contributed by atoms with Gasteiger partial charge in [-0.3, -0.25) is 24.1 Å². The van der Waals surface area contributed by atoms with Gasteiger partial charge in [0.05, 0.1) is 29.2 Å². The number of primary amides is 1. The molecular weight excluding hydrogens is 532 g/mol. The second-order valence-electron chi connectivity index (χ2n) is 10.7. The molecule has 1 amide bonds. The van der Waals surface area contributed by atoms with Gasteiger partial charge in [0.25, 0.3) is 5.91 Å². The van der Waals surface area contributed by atoms with Crippen molar-refractivity contribution in [1.29, 1.82) is 0 Å². The predicted molar refractivity (Wildman–Crippen MR) is 146 cm³/mol. The average Bonchev–Trinajstić information content (AvgIpc) is 2.90. The lowest BCUT2D eigenvalue weighted by atomic mass is 9.56. The molecule has 3 aliphatic carbocycles. The van der Waals surface area contributed by atoms with E-state index in [1.54, 1.807) is 36.4 Å². The van der Waals surface area contributed by atoms with E-state index in [4.69, 9.17) is 5.73 Å². The summed E-state index contributed by atoms with van der Waals surface area (Å²) >= 11 is 0. The first-order valence-corrected chi connectivity index (χ1v) is 12.7. The Morgan fingerprint density at radius 2 is 1.66 bits per heavy atom. The molecule has 5 rings (SSSR count). The minimum absolute atomic E-state index is 0.153. The zero-order valence-corrected chi connectivity index (χ0v) is 22.3. The zero-order chi connectivity index (χ0) is 30.1. The number of aromatic hydroxyl groups is 1. The fraction of sp³-hybridized carbons (Fsp3) is 0.267. The van der Waals surface area contributed by atoms with E-state index in [0.29, 0.717) is 11.1 Å². The number of carbonyl (C=O) groups excluding carboxylic acids is 4. The molecule has 2 aromatic rings. The third-order valence-corrected chi connectivity index (χ3v) is 8.17. The maximum absolute atomic E-state index is 13.8. The monoisotopic (exact) mass is 560 g/mol. The fourth-order valence-corrected chi connectivity index (χ4v) is 6.31. The molecule has 5 atom stereocenters. The van der Waals surface area contributed by atoms with Crippen LogP contribution in [0.2, 0.25) is 0 Å². The van der Waals surface area contributed by atoms with E-state index in [1.807, 2.05) is 0 Å². The number of benzene rings is 2. The van der Waals surface area contributed by atoms with E-state index in [2.05, 4.69) is 0 Å². The first-order valence-electron chi connectivity index (χ1n) is 12.7. The van der Waals surface area contributed by atoms with Crippen molar-refractivity contribution in [2.75, 3.05) is 14.1 Å². The molecule has 41 heavy (non-hydrogen) atoms. The van der Waals surface area contributed by atoms with Gasteiger partial charge < -0.3 is 31.3 Å². The largest absolute Gasteiger partial charge is 0.510 e. The standard InChI is InChI=1S/C30H28N2O9/c1-12(33)14-9-7-13(8-10-14)11-16-15-5-4-6-17(34)18(15)24(35)20-19(16)25(36)22-23(32(2)3)26(37)21(29(31)40)28(39)30(22,41)27(20)38/h4-11,19,22-23,25,34,36-38,41H,1-3H3,(H2,31,40)/b16-11+. The van der Waals surface area contributed by atoms with Crippen LogP contribution in [0.4, 0.5) is 0 Å². The molecule has 0 saturated carbocycles. The van der Waals surface area contributed by atoms with E-state index in [9.17, 15) is 44.7 Å². The van der Waals surface area contributed by atoms with Crippen molar-refractivity contribution in [3.05, 3.63) is 87.4 Å². The van der Waals surface area contributed by atoms with Crippen LogP contribution in [0.1, 0.15) is 38.8 Å². The summed E-state index contributed by atoms with van der Waals surface area (Å²) in [5, 5.41) is 56.9. The van der Waals surface area contributed by atoms with Crippen LogP contribution in [-0.4, -0.2) is 85.5 Å². The summed E-state index contributed by atoms with van der Waals surface area (Å²) in [6.45, 7) is 1.42. The Morgan fingerprint density at radius 3 is 2.22 bits per heavy atom. The maximum atomic E-state index is 13.8. The molecule has 3 aliphatic rings. The lowest BCUT2D eigenvalue weighted by molar-refractivity contribution is -0.159. The molecule has 0 spiro atoms. The molecule has 0 aliphatic heterocycles. The van der Waals surface area contributed by atoms with Crippen molar-refractivity contribution < 1.29 is 44.7 Å². The summed E-state index contributed by atoms with van der Waals surface area (Å²) in [7, 11) is 2.93. The Labute approximate surface area is 234 Å². The van der Waals surface area contributed by atoms with Crippen molar-refractivity contribution in [1.82, 2.24) is 4.90 Å². The molecule has 212 valence electrons. The van der Waals surface area contributed by atoms with Gasteiger partial charge >= 0.3 is 0 Å². The number of nitrogens with two attached hydrogens (primary N) is 1. The highest BCUT2D eigenvalue weighted by molar-refractivity contribution is 6.25. The number of phenolic OH excluding ortho intramolecular Hbond substituents is 1. The number of Topliss-reactive ketones (excluding diaryl/α,β-unsaturated/α-hetero) is 3. The van der Waals surface area contributed by atoms with E-state index in [-0.39, 0.29) is 22.5 Å². The van der Waals surface area contributed by atoms with Gasteiger partial charge in [0, 0.05) is 11.5 Å². The van der Waals surface area contributed by atoms with Crippen LogP contribution in [-0.2, 0) is 9.59 Å². The number of nitrogens with zero attached hydrogens (tertiary/aromatic N) is 1. The first-order chi connectivity index (χ1) is 19.2. The van der Waals surface area contributed by atoms with Crippen molar-refractivity contribution in [2.24, 2.45) is 17.6 Å². The average molecular weight is 561 g/mol. The number of hydrogen-bond acceptors (Lipinski definition) is 10. The molecule has 0 radical (unpaired) electrons. The normalized spacial score (nSPS) is 28.5. The van der Waals surface area contributed by atoms with Gasteiger partial charge in [-0.25, -0.2) is 0 Å². The fourth-order valence-electron chi connectivity index (χ4n) is 6.31. The number of phenols is 1. The molecule has 0 aromatic heterocycles. The van der Waals surface area contributed by atoms with Crippen LogP contribution >= 0.6 is 0 Å². The number of aliphatic hydroxyl groups excluding tert-OH is 3. The second kappa shape index (κ2) is 9.51. The van der Waals surface area contributed by atoms with Gasteiger partial charge in [-0.2, -0.15) is 0 Å². The molecule has 7 N–H and O–H groups in total. The second-order valence-corrected chi connectivity index (χ2v) is 10.7. The topological polar surface area (TPSA) is 199 Å². The lowest BCUT2D eigenvalue weighted by Crippen LogP contribution is -2.68. The van der Waals surface area contributed by atoms with Crippen LogP contribution in [0.25, 0.3) is 11.6 Å². The molecule has 0 bridgehead atoms. The highest BCUT2D eigenvalue weighted by Gasteiger charge is 2.67. The Hall–Kier alpha value is -4.58. The van der Waals surface area contributed by atoms with Crippen LogP contribution in [0.15, 0.2) is 65.1 Å². The zero-order valence-electron chi connectivity index (χ0n) is 22.3. The van der Waals surface area contributed by atoms with Crippen LogP contribution in [0.3, 0.4) is 0 Å². The van der Waals surface area contributed by atoms with E-state index >= 15 is 0 Å². The quantitative estimate of drug-likeness (QED) is 0.234. The number of aliphatic hydroxyl groups is 4. The van der Waals surface area contributed by atoms with Gasteiger partial charge in [-0.1, -0.05) is 42.5 Å². The van der Waals surface area contributed by atoms with Crippen LogP contribution in [0, 0.1) is 11.8 Å². The Morgan fingerprint density at radius 1 is 1.02 bits per heavy atom.